The maximum atomic E-state index is 5.81. The van der Waals surface area contributed by atoms with Gasteiger partial charge in [0, 0.05) is 12.1 Å². The summed E-state index contributed by atoms with van der Waals surface area (Å²) in [4.78, 5) is 0. The van der Waals surface area contributed by atoms with Crippen molar-refractivity contribution in [3.8, 4) is 0 Å². The first-order chi connectivity index (χ1) is 6.02. The van der Waals surface area contributed by atoms with Crippen LogP contribution in [0.1, 0.15) is 26.7 Å². The predicted molar refractivity (Wildman–Crippen MR) is 55.2 cm³/mol. The van der Waals surface area contributed by atoms with E-state index in [1.165, 1.54) is 0 Å². The Labute approximate surface area is 97.1 Å². The van der Waals surface area contributed by atoms with Gasteiger partial charge in [0.25, 0.3) is 0 Å². The van der Waals surface area contributed by atoms with Crippen LogP contribution in [0.4, 0.5) is 0 Å². The van der Waals surface area contributed by atoms with E-state index in [0.29, 0.717) is 0 Å². The normalized spacial score (nSPS) is 39.5. The van der Waals surface area contributed by atoms with Crippen LogP contribution in [0.15, 0.2) is 0 Å². The zero-order valence-corrected chi connectivity index (χ0v) is 11.7. The van der Waals surface area contributed by atoms with Crippen LogP contribution in [0.25, 0.3) is 0 Å². The van der Waals surface area contributed by atoms with Crippen molar-refractivity contribution in [1.29, 1.82) is 0 Å². The van der Waals surface area contributed by atoms with Crippen molar-refractivity contribution in [2.24, 2.45) is 23.3 Å². The standard InChI is InChI=1S/C8H18N2.2ClH.Pt/c1-5-3-7(9)8(10)4-6(5)2;;;/h5-8H,3-4,9-10H2,1-2H3;2*1H;/q;;;+2/p-2. The molecule has 0 bridgehead atoms. The van der Waals surface area contributed by atoms with Gasteiger partial charge in [-0.1, -0.05) is 13.8 Å². The molecule has 1 aliphatic rings. The molecule has 0 heterocycles. The van der Waals surface area contributed by atoms with Gasteiger partial charge in [0.2, 0.25) is 0 Å². The Morgan fingerprint density at radius 1 is 1.00 bits per heavy atom. The summed E-state index contributed by atoms with van der Waals surface area (Å²) in [5, 5.41) is 0. The van der Waals surface area contributed by atoms with Crippen LogP contribution in [0.3, 0.4) is 0 Å². The van der Waals surface area contributed by atoms with E-state index in [-0.39, 0.29) is 12.1 Å². The van der Waals surface area contributed by atoms with Gasteiger partial charge in [0.1, 0.15) is 0 Å². The molecule has 0 saturated heterocycles. The topological polar surface area (TPSA) is 52.0 Å². The number of hydrogen-bond donors (Lipinski definition) is 2. The van der Waals surface area contributed by atoms with Crippen LogP contribution in [-0.4, -0.2) is 12.1 Å². The zero-order chi connectivity index (χ0) is 10.4. The molecule has 0 aliphatic heterocycles. The Hall–Kier alpha value is 1.19. The summed E-state index contributed by atoms with van der Waals surface area (Å²) in [6, 6.07) is 0.484. The predicted octanol–water partition coefficient (Wildman–Crippen LogP) is 2.08. The van der Waals surface area contributed by atoms with E-state index >= 15 is 0 Å². The molecular weight excluding hydrogens is 390 g/mol. The van der Waals surface area contributed by atoms with E-state index in [4.69, 9.17) is 30.3 Å². The molecule has 0 amide bonds. The van der Waals surface area contributed by atoms with E-state index in [1.807, 2.05) is 0 Å². The second-order valence-electron chi connectivity index (χ2n) is 3.80. The molecule has 1 rings (SSSR count). The molecule has 1 aliphatic carbocycles. The molecule has 0 spiro atoms. The summed E-state index contributed by atoms with van der Waals surface area (Å²) >= 11 is -0.472. The van der Waals surface area contributed by atoms with Crippen LogP contribution in [0.5, 0.6) is 0 Å². The van der Waals surface area contributed by atoms with Gasteiger partial charge in [-0.25, -0.2) is 0 Å². The summed E-state index contributed by atoms with van der Waals surface area (Å²) in [5.41, 5.74) is 11.6. The molecule has 13 heavy (non-hydrogen) atoms. The van der Waals surface area contributed by atoms with Crippen molar-refractivity contribution in [3.05, 3.63) is 0 Å². The molecule has 4 unspecified atom stereocenters. The Morgan fingerprint density at radius 2 is 1.23 bits per heavy atom. The van der Waals surface area contributed by atoms with Crippen LogP contribution >= 0.6 is 18.8 Å². The first kappa shape index (κ1) is 14.2. The molecule has 5 heteroatoms. The Bertz CT molecular complexity index is 111. The number of nitrogens with two attached hydrogens (primary N) is 2. The third-order valence-corrected chi connectivity index (χ3v) is 2.81. The van der Waals surface area contributed by atoms with Gasteiger partial charge < -0.3 is 11.5 Å². The summed E-state index contributed by atoms with van der Waals surface area (Å²) in [5.74, 6) is 1.52. The molecule has 84 valence electrons. The van der Waals surface area contributed by atoms with Crippen LogP contribution < -0.4 is 11.5 Å². The van der Waals surface area contributed by atoms with Crippen molar-refractivity contribution in [2.75, 3.05) is 0 Å². The molecule has 4 N–H and O–H groups in total. The summed E-state index contributed by atoms with van der Waals surface area (Å²) in [6.07, 6.45) is 2.20. The van der Waals surface area contributed by atoms with Crippen molar-refractivity contribution in [3.63, 3.8) is 0 Å². The molecule has 0 aromatic heterocycles. The van der Waals surface area contributed by atoms with Gasteiger partial charge in [-0.3, -0.25) is 0 Å². The number of rotatable bonds is 0. The van der Waals surface area contributed by atoms with Gasteiger partial charge in [-0.15, -0.1) is 0 Å². The fraction of sp³-hybridized carbons (Fsp3) is 1.00. The molecule has 0 aromatic rings. The molecule has 1 saturated carbocycles. The average Bonchev–Trinajstić information content (AvgIpc) is 2.03. The van der Waals surface area contributed by atoms with Gasteiger partial charge in [-0.05, 0) is 24.7 Å². The van der Waals surface area contributed by atoms with Crippen LogP contribution in [-0.2, 0) is 16.5 Å². The van der Waals surface area contributed by atoms with E-state index < -0.39 is 16.5 Å². The van der Waals surface area contributed by atoms with Gasteiger partial charge in [0.05, 0.1) is 0 Å². The van der Waals surface area contributed by atoms with Crippen molar-refractivity contribution >= 4 is 18.8 Å². The SMILES string of the molecule is CC1CC(N)C(N)CC1C.[Cl][Pt][Cl]. The van der Waals surface area contributed by atoms with Gasteiger partial charge in [-0.2, -0.15) is 0 Å². The van der Waals surface area contributed by atoms with Crippen molar-refractivity contribution < 1.29 is 16.5 Å². The van der Waals surface area contributed by atoms with E-state index in [1.54, 1.807) is 0 Å². The van der Waals surface area contributed by atoms with E-state index in [2.05, 4.69) is 13.8 Å². The van der Waals surface area contributed by atoms with Gasteiger partial charge in [0.15, 0.2) is 0 Å². The van der Waals surface area contributed by atoms with Crippen LogP contribution in [0, 0.1) is 11.8 Å². The fourth-order valence-electron chi connectivity index (χ4n) is 1.67. The average molecular weight is 408 g/mol. The molecular formula is C8H18Cl2N2Pt. The number of hydrogen-bond acceptors (Lipinski definition) is 2. The summed E-state index contributed by atoms with van der Waals surface area (Å²) in [6.45, 7) is 4.52. The third kappa shape index (κ3) is 5.59. The fourth-order valence-corrected chi connectivity index (χ4v) is 1.67. The first-order valence-corrected chi connectivity index (χ1v) is 9.99. The monoisotopic (exact) mass is 407 g/mol. The first-order valence-electron chi connectivity index (χ1n) is 4.36. The molecule has 2 nitrogen and oxygen atoms in total. The quantitative estimate of drug-likeness (QED) is 0.645. The Morgan fingerprint density at radius 3 is 1.46 bits per heavy atom. The molecule has 1 fully saturated rings. The Balaban J connectivity index is 0.000000424. The number of halogens is 2. The summed E-state index contributed by atoms with van der Waals surface area (Å²) in [7, 11) is 9.75. The van der Waals surface area contributed by atoms with Crippen molar-refractivity contribution in [1.82, 2.24) is 0 Å². The van der Waals surface area contributed by atoms with Gasteiger partial charge >= 0.3 is 35.3 Å². The van der Waals surface area contributed by atoms with E-state index in [9.17, 15) is 0 Å². The second-order valence-corrected chi connectivity index (χ2v) is 7.08. The molecule has 0 radical (unpaired) electrons. The molecule has 0 aromatic carbocycles. The second kappa shape index (κ2) is 7.48. The maximum absolute atomic E-state index is 5.81. The van der Waals surface area contributed by atoms with E-state index in [0.717, 1.165) is 24.7 Å². The minimum absolute atomic E-state index is 0.242. The summed E-state index contributed by atoms with van der Waals surface area (Å²) < 4.78 is 0. The zero-order valence-electron chi connectivity index (χ0n) is 7.95. The van der Waals surface area contributed by atoms with Crippen LogP contribution in [0.2, 0.25) is 0 Å². The third-order valence-electron chi connectivity index (χ3n) is 2.81. The van der Waals surface area contributed by atoms with Crippen molar-refractivity contribution in [2.45, 2.75) is 38.8 Å². The molecule has 4 atom stereocenters. The Kier molecular flexibility index (Phi) is 8.16. The minimum atomic E-state index is -0.472.